The number of nitrogen functional groups attached to an aromatic ring is 1. The van der Waals surface area contributed by atoms with Crippen molar-refractivity contribution in [3.63, 3.8) is 0 Å². The summed E-state index contributed by atoms with van der Waals surface area (Å²) >= 11 is 0. The molecule has 0 radical (unpaired) electrons. The summed E-state index contributed by atoms with van der Waals surface area (Å²) in [7, 11) is 1.56. The van der Waals surface area contributed by atoms with Crippen LogP contribution in [0.2, 0.25) is 0 Å². The van der Waals surface area contributed by atoms with Gasteiger partial charge in [-0.05, 0) is 41.8 Å². The van der Waals surface area contributed by atoms with Crippen LogP contribution in [0.1, 0.15) is 35.7 Å². The van der Waals surface area contributed by atoms with E-state index in [-0.39, 0.29) is 5.91 Å². The van der Waals surface area contributed by atoms with Gasteiger partial charge in [0.1, 0.15) is 5.75 Å². The second kappa shape index (κ2) is 6.31. The molecule has 0 saturated carbocycles. The standard InChI is InChI=1S/C17H20N2O2/c1-11(2)12-4-6-13(7-5-12)17(20)19-14-8-9-16(21-3)15(18)10-14/h4-11H,18H2,1-3H3,(H,19,20). The van der Waals surface area contributed by atoms with Gasteiger partial charge >= 0.3 is 0 Å². The quantitative estimate of drug-likeness (QED) is 0.842. The van der Waals surface area contributed by atoms with Crippen LogP contribution >= 0.6 is 0 Å². The van der Waals surface area contributed by atoms with E-state index in [0.717, 1.165) is 0 Å². The van der Waals surface area contributed by atoms with Gasteiger partial charge in [-0.2, -0.15) is 0 Å². The fourth-order valence-electron chi connectivity index (χ4n) is 2.03. The van der Waals surface area contributed by atoms with E-state index in [1.807, 2.05) is 24.3 Å². The third-order valence-electron chi connectivity index (χ3n) is 3.33. The molecule has 0 unspecified atom stereocenters. The van der Waals surface area contributed by atoms with Crippen molar-refractivity contribution in [1.29, 1.82) is 0 Å². The van der Waals surface area contributed by atoms with Gasteiger partial charge in [0.2, 0.25) is 0 Å². The maximum Gasteiger partial charge on any atom is 0.255 e. The van der Waals surface area contributed by atoms with Crippen LogP contribution < -0.4 is 15.8 Å². The molecule has 0 saturated heterocycles. The molecular weight excluding hydrogens is 264 g/mol. The first-order valence-electron chi connectivity index (χ1n) is 6.86. The molecule has 4 nitrogen and oxygen atoms in total. The van der Waals surface area contributed by atoms with E-state index >= 15 is 0 Å². The molecule has 0 heterocycles. The number of benzene rings is 2. The predicted octanol–water partition coefficient (Wildman–Crippen LogP) is 3.65. The monoisotopic (exact) mass is 284 g/mol. The van der Waals surface area contributed by atoms with Gasteiger partial charge in [-0.25, -0.2) is 0 Å². The first kappa shape index (κ1) is 14.9. The van der Waals surface area contributed by atoms with Gasteiger partial charge in [0.05, 0.1) is 12.8 Å². The molecule has 110 valence electrons. The van der Waals surface area contributed by atoms with Crippen molar-refractivity contribution >= 4 is 17.3 Å². The number of methoxy groups -OCH3 is 1. The molecule has 0 bridgehead atoms. The van der Waals surface area contributed by atoms with Gasteiger partial charge in [0.25, 0.3) is 5.91 Å². The minimum absolute atomic E-state index is 0.158. The van der Waals surface area contributed by atoms with E-state index in [9.17, 15) is 4.79 Å². The summed E-state index contributed by atoms with van der Waals surface area (Å²) in [4.78, 5) is 12.2. The van der Waals surface area contributed by atoms with Crippen molar-refractivity contribution in [2.24, 2.45) is 0 Å². The highest BCUT2D eigenvalue weighted by molar-refractivity contribution is 6.04. The molecule has 0 atom stereocenters. The molecule has 0 aliphatic heterocycles. The van der Waals surface area contributed by atoms with E-state index in [1.54, 1.807) is 25.3 Å². The second-order valence-electron chi connectivity index (χ2n) is 5.19. The molecular formula is C17H20N2O2. The van der Waals surface area contributed by atoms with Crippen LogP contribution in [-0.4, -0.2) is 13.0 Å². The Morgan fingerprint density at radius 3 is 2.33 bits per heavy atom. The molecule has 4 heteroatoms. The Hall–Kier alpha value is -2.49. The zero-order valence-corrected chi connectivity index (χ0v) is 12.5. The molecule has 1 amide bonds. The Labute approximate surface area is 124 Å². The van der Waals surface area contributed by atoms with Gasteiger partial charge in [-0.1, -0.05) is 26.0 Å². The summed E-state index contributed by atoms with van der Waals surface area (Å²) in [5.41, 5.74) is 8.79. The molecule has 0 fully saturated rings. The third-order valence-corrected chi connectivity index (χ3v) is 3.33. The number of amides is 1. The van der Waals surface area contributed by atoms with Crippen LogP contribution in [0.4, 0.5) is 11.4 Å². The molecule has 2 aromatic rings. The molecule has 3 N–H and O–H groups in total. The van der Waals surface area contributed by atoms with Gasteiger partial charge < -0.3 is 15.8 Å². The SMILES string of the molecule is COc1ccc(NC(=O)c2ccc(C(C)C)cc2)cc1N. The third kappa shape index (κ3) is 3.54. The lowest BCUT2D eigenvalue weighted by Crippen LogP contribution is -2.12. The number of hydrogen-bond acceptors (Lipinski definition) is 3. The molecule has 0 spiro atoms. The van der Waals surface area contributed by atoms with Crippen molar-refractivity contribution in [1.82, 2.24) is 0 Å². The van der Waals surface area contributed by atoms with Crippen molar-refractivity contribution in [2.45, 2.75) is 19.8 Å². The van der Waals surface area contributed by atoms with Gasteiger partial charge in [-0.3, -0.25) is 4.79 Å². The number of anilines is 2. The molecule has 0 aliphatic rings. The van der Waals surface area contributed by atoms with Crippen LogP contribution in [0.15, 0.2) is 42.5 Å². The van der Waals surface area contributed by atoms with Crippen LogP contribution in [0, 0.1) is 0 Å². The highest BCUT2D eigenvalue weighted by atomic mass is 16.5. The van der Waals surface area contributed by atoms with E-state index in [4.69, 9.17) is 10.5 Å². The van der Waals surface area contributed by atoms with Crippen LogP contribution in [0.5, 0.6) is 5.75 Å². The fraction of sp³-hybridized carbons (Fsp3) is 0.235. The molecule has 21 heavy (non-hydrogen) atoms. The van der Waals surface area contributed by atoms with Crippen LogP contribution in [0.3, 0.4) is 0 Å². The average Bonchev–Trinajstić information content (AvgIpc) is 2.47. The number of nitrogens with one attached hydrogen (secondary N) is 1. The Bertz CT molecular complexity index is 634. The number of carbonyl (C=O) groups is 1. The van der Waals surface area contributed by atoms with Crippen LogP contribution in [0.25, 0.3) is 0 Å². The largest absolute Gasteiger partial charge is 0.495 e. The zero-order valence-electron chi connectivity index (χ0n) is 12.5. The average molecular weight is 284 g/mol. The summed E-state index contributed by atoms with van der Waals surface area (Å²) < 4.78 is 5.09. The van der Waals surface area contributed by atoms with E-state index in [2.05, 4.69) is 19.2 Å². The maximum atomic E-state index is 12.2. The number of rotatable bonds is 4. The van der Waals surface area contributed by atoms with E-state index in [1.165, 1.54) is 5.56 Å². The second-order valence-corrected chi connectivity index (χ2v) is 5.19. The van der Waals surface area contributed by atoms with Crippen molar-refractivity contribution < 1.29 is 9.53 Å². The summed E-state index contributed by atoms with van der Waals surface area (Å²) in [6, 6.07) is 12.8. The summed E-state index contributed by atoms with van der Waals surface area (Å²) in [6.07, 6.45) is 0. The Kier molecular flexibility index (Phi) is 4.48. The Morgan fingerprint density at radius 1 is 1.14 bits per heavy atom. The normalized spacial score (nSPS) is 10.5. The number of nitrogens with two attached hydrogens (primary N) is 1. The van der Waals surface area contributed by atoms with Crippen molar-refractivity contribution in [2.75, 3.05) is 18.2 Å². The Balaban J connectivity index is 2.12. The summed E-state index contributed by atoms with van der Waals surface area (Å²) in [5, 5.41) is 2.82. The molecule has 2 aromatic carbocycles. The number of hydrogen-bond donors (Lipinski definition) is 2. The minimum Gasteiger partial charge on any atom is -0.495 e. The minimum atomic E-state index is -0.158. The predicted molar refractivity (Wildman–Crippen MR) is 85.9 cm³/mol. The van der Waals surface area contributed by atoms with E-state index < -0.39 is 0 Å². The smallest absolute Gasteiger partial charge is 0.255 e. The van der Waals surface area contributed by atoms with E-state index in [0.29, 0.717) is 28.6 Å². The van der Waals surface area contributed by atoms with Gasteiger partial charge in [0.15, 0.2) is 0 Å². The lowest BCUT2D eigenvalue weighted by Gasteiger charge is -2.10. The maximum absolute atomic E-state index is 12.2. The van der Waals surface area contributed by atoms with Crippen molar-refractivity contribution in [3.05, 3.63) is 53.6 Å². The zero-order chi connectivity index (χ0) is 15.4. The van der Waals surface area contributed by atoms with Crippen LogP contribution in [-0.2, 0) is 0 Å². The molecule has 2 rings (SSSR count). The lowest BCUT2D eigenvalue weighted by molar-refractivity contribution is 0.102. The van der Waals surface area contributed by atoms with Gasteiger partial charge in [-0.15, -0.1) is 0 Å². The van der Waals surface area contributed by atoms with Gasteiger partial charge in [0, 0.05) is 11.3 Å². The van der Waals surface area contributed by atoms with Crippen molar-refractivity contribution in [3.8, 4) is 5.75 Å². The highest BCUT2D eigenvalue weighted by Crippen LogP contribution is 2.25. The number of ether oxygens (including phenoxy) is 1. The first-order valence-corrected chi connectivity index (χ1v) is 6.86. The fourth-order valence-corrected chi connectivity index (χ4v) is 2.03. The molecule has 0 aliphatic carbocycles. The lowest BCUT2D eigenvalue weighted by atomic mass is 10.0. The molecule has 0 aromatic heterocycles. The highest BCUT2D eigenvalue weighted by Gasteiger charge is 2.08. The first-order chi connectivity index (χ1) is 10.0. The summed E-state index contributed by atoms with van der Waals surface area (Å²) in [5.74, 6) is 0.882. The number of carbonyl (C=O) groups excluding carboxylic acids is 1. The Morgan fingerprint density at radius 2 is 1.81 bits per heavy atom. The summed E-state index contributed by atoms with van der Waals surface area (Å²) in [6.45, 7) is 4.24. The topological polar surface area (TPSA) is 64.3 Å².